The molecule has 0 aliphatic carbocycles. The van der Waals surface area contributed by atoms with Crippen LogP contribution in [-0.2, 0) is 4.79 Å². The van der Waals surface area contributed by atoms with Crippen LogP contribution in [0, 0.1) is 18.3 Å². The molecule has 0 saturated carbocycles. The molecule has 2 rings (SSSR count). The number of nitrogens with one attached hydrogen (secondary N) is 1. The molecule has 0 unspecified atom stereocenters. The third-order valence-electron chi connectivity index (χ3n) is 3.56. The molecule has 0 aromatic heterocycles. The summed E-state index contributed by atoms with van der Waals surface area (Å²) in [4.78, 5) is 12.1. The number of amides is 1. The van der Waals surface area contributed by atoms with Crippen LogP contribution in [0.4, 0.5) is 18.9 Å². The lowest BCUT2D eigenvalue weighted by molar-refractivity contribution is -0.153. The van der Waals surface area contributed by atoms with Gasteiger partial charge in [0.05, 0.1) is 12.7 Å². The van der Waals surface area contributed by atoms with E-state index in [4.69, 9.17) is 10.00 Å². The fourth-order valence-corrected chi connectivity index (χ4v) is 2.31. The highest BCUT2D eigenvalue weighted by atomic mass is 19.4. The number of halogens is 3. The molecule has 0 radical (unpaired) electrons. The minimum absolute atomic E-state index is 0.119. The maximum absolute atomic E-state index is 12.3. The average molecular weight is 390 g/mol. The second-order valence-electron chi connectivity index (χ2n) is 5.79. The van der Waals surface area contributed by atoms with Crippen molar-refractivity contribution < 1.29 is 27.4 Å². The molecular weight excluding hydrogens is 373 g/mol. The number of carbonyl (C=O) groups is 1. The summed E-state index contributed by atoms with van der Waals surface area (Å²) in [5.41, 5.74) is 1.84. The fourth-order valence-electron chi connectivity index (χ4n) is 2.31. The Bertz CT molecular complexity index is 931. The van der Waals surface area contributed by atoms with Gasteiger partial charge in [-0.25, -0.2) is 0 Å². The van der Waals surface area contributed by atoms with Gasteiger partial charge >= 0.3 is 6.18 Å². The standard InChI is InChI=1S/C20H17F3N2O3/c1-13-3-6-17(27-2)14(9-13)4-8-19(26)25-16-5-7-18(15(10-16)11-24)28-12-20(21,22)23/h3-10H,12H2,1-2H3,(H,25,26)/b8-4+. The number of nitrogens with zero attached hydrogens (tertiary/aromatic N) is 1. The summed E-state index contributed by atoms with van der Waals surface area (Å²) in [6.45, 7) is 0.400. The number of aryl methyl sites for hydroxylation is 1. The molecule has 0 fully saturated rings. The van der Waals surface area contributed by atoms with Crippen LogP contribution in [0.1, 0.15) is 16.7 Å². The number of hydrogen-bond acceptors (Lipinski definition) is 4. The van der Waals surface area contributed by atoms with Crippen molar-refractivity contribution >= 4 is 17.7 Å². The highest BCUT2D eigenvalue weighted by Gasteiger charge is 2.28. The number of hydrogen-bond donors (Lipinski definition) is 1. The zero-order valence-electron chi connectivity index (χ0n) is 15.1. The van der Waals surface area contributed by atoms with Gasteiger partial charge in [0.1, 0.15) is 17.6 Å². The summed E-state index contributed by atoms with van der Waals surface area (Å²) >= 11 is 0. The predicted octanol–water partition coefficient (Wildman–Crippen LogP) is 4.47. The largest absolute Gasteiger partial charge is 0.496 e. The van der Waals surface area contributed by atoms with Crippen LogP contribution in [0.2, 0.25) is 0 Å². The Hall–Kier alpha value is -3.47. The van der Waals surface area contributed by atoms with Gasteiger partial charge in [-0.3, -0.25) is 4.79 Å². The van der Waals surface area contributed by atoms with E-state index < -0.39 is 18.7 Å². The van der Waals surface area contributed by atoms with Gasteiger partial charge in [-0.2, -0.15) is 18.4 Å². The van der Waals surface area contributed by atoms with Crippen molar-refractivity contribution in [2.75, 3.05) is 19.0 Å². The van der Waals surface area contributed by atoms with Crippen LogP contribution < -0.4 is 14.8 Å². The number of rotatable bonds is 6. The molecule has 146 valence electrons. The van der Waals surface area contributed by atoms with Crippen molar-refractivity contribution in [1.82, 2.24) is 0 Å². The Kier molecular flexibility index (Phi) is 6.66. The van der Waals surface area contributed by atoms with E-state index in [0.29, 0.717) is 11.3 Å². The number of carbonyl (C=O) groups excluding carboxylic acids is 1. The zero-order chi connectivity index (χ0) is 20.7. The second kappa shape index (κ2) is 8.95. The maximum atomic E-state index is 12.3. The molecule has 0 heterocycles. The van der Waals surface area contributed by atoms with Crippen molar-refractivity contribution in [3.05, 3.63) is 59.2 Å². The van der Waals surface area contributed by atoms with E-state index in [1.54, 1.807) is 18.2 Å². The second-order valence-corrected chi connectivity index (χ2v) is 5.79. The summed E-state index contributed by atoms with van der Waals surface area (Å²) < 4.78 is 46.6. The first-order chi connectivity index (χ1) is 13.2. The van der Waals surface area contributed by atoms with Gasteiger partial charge in [0.25, 0.3) is 0 Å². The Morgan fingerprint density at radius 2 is 1.93 bits per heavy atom. The first kappa shape index (κ1) is 20.8. The SMILES string of the molecule is COc1ccc(C)cc1/C=C/C(=O)Nc1ccc(OCC(F)(F)F)c(C#N)c1. The lowest BCUT2D eigenvalue weighted by Gasteiger charge is -2.11. The normalized spacial score (nSPS) is 11.1. The van der Waals surface area contributed by atoms with E-state index in [-0.39, 0.29) is 17.0 Å². The van der Waals surface area contributed by atoms with E-state index in [9.17, 15) is 18.0 Å². The zero-order valence-corrected chi connectivity index (χ0v) is 15.1. The lowest BCUT2D eigenvalue weighted by Crippen LogP contribution is -2.19. The van der Waals surface area contributed by atoms with E-state index in [2.05, 4.69) is 10.1 Å². The smallest absolute Gasteiger partial charge is 0.422 e. The minimum Gasteiger partial charge on any atom is -0.496 e. The molecule has 0 spiro atoms. The van der Waals surface area contributed by atoms with Gasteiger partial charge < -0.3 is 14.8 Å². The van der Waals surface area contributed by atoms with Crippen molar-refractivity contribution in [1.29, 1.82) is 5.26 Å². The highest BCUT2D eigenvalue weighted by molar-refractivity contribution is 6.02. The first-order valence-corrected chi connectivity index (χ1v) is 8.09. The molecule has 2 aromatic carbocycles. The highest BCUT2D eigenvalue weighted by Crippen LogP contribution is 2.25. The monoisotopic (exact) mass is 390 g/mol. The molecule has 2 aromatic rings. The molecule has 0 aliphatic rings. The maximum Gasteiger partial charge on any atom is 0.422 e. The van der Waals surface area contributed by atoms with Gasteiger partial charge in [-0.1, -0.05) is 11.6 Å². The first-order valence-electron chi connectivity index (χ1n) is 8.09. The number of methoxy groups -OCH3 is 1. The lowest BCUT2D eigenvalue weighted by atomic mass is 10.1. The average Bonchev–Trinajstić information content (AvgIpc) is 2.64. The van der Waals surface area contributed by atoms with Gasteiger partial charge in [0.2, 0.25) is 5.91 Å². The quantitative estimate of drug-likeness (QED) is 0.739. The van der Waals surface area contributed by atoms with Crippen molar-refractivity contribution in [3.8, 4) is 17.6 Å². The van der Waals surface area contributed by atoms with E-state index >= 15 is 0 Å². The molecule has 28 heavy (non-hydrogen) atoms. The van der Waals surface area contributed by atoms with Gasteiger partial charge in [0, 0.05) is 17.3 Å². The number of nitriles is 1. The minimum atomic E-state index is -4.51. The molecule has 5 nitrogen and oxygen atoms in total. The number of ether oxygens (including phenoxy) is 2. The van der Waals surface area contributed by atoms with E-state index in [0.717, 1.165) is 5.56 Å². The Morgan fingerprint density at radius 3 is 2.57 bits per heavy atom. The predicted molar refractivity (Wildman–Crippen MR) is 98.1 cm³/mol. The van der Waals surface area contributed by atoms with Crippen molar-refractivity contribution in [2.24, 2.45) is 0 Å². The molecule has 1 amide bonds. The number of anilines is 1. The van der Waals surface area contributed by atoms with Crippen molar-refractivity contribution in [2.45, 2.75) is 13.1 Å². The van der Waals surface area contributed by atoms with Crippen LogP contribution in [0.15, 0.2) is 42.5 Å². The summed E-state index contributed by atoms with van der Waals surface area (Å²) in [6, 6.07) is 11.1. The summed E-state index contributed by atoms with van der Waals surface area (Å²) in [5, 5.41) is 11.6. The fraction of sp³-hybridized carbons (Fsp3) is 0.200. The van der Waals surface area contributed by atoms with Gasteiger partial charge in [0.15, 0.2) is 6.61 Å². The Balaban J connectivity index is 2.10. The van der Waals surface area contributed by atoms with Gasteiger partial charge in [-0.15, -0.1) is 0 Å². The number of alkyl halides is 3. The van der Waals surface area contributed by atoms with Gasteiger partial charge in [-0.05, 0) is 43.3 Å². The molecule has 1 N–H and O–H groups in total. The third kappa shape index (κ3) is 6.06. The molecule has 0 bridgehead atoms. The summed E-state index contributed by atoms with van der Waals surface area (Å²) in [5.74, 6) is -0.0816. The molecule has 0 aliphatic heterocycles. The number of benzene rings is 2. The Labute approximate surface area is 160 Å². The van der Waals surface area contributed by atoms with Crippen LogP contribution in [0.5, 0.6) is 11.5 Å². The summed E-state index contributed by atoms with van der Waals surface area (Å²) in [6.07, 6.45) is -1.65. The van der Waals surface area contributed by atoms with Crippen LogP contribution >= 0.6 is 0 Å². The summed E-state index contributed by atoms with van der Waals surface area (Å²) in [7, 11) is 1.52. The van der Waals surface area contributed by atoms with E-state index in [1.165, 1.54) is 31.4 Å². The Morgan fingerprint density at radius 1 is 1.21 bits per heavy atom. The molecule has 0 saturated heterocycles. The van der Waals surface area contributed by atoms with Crippen LogP contribution in [0.25, 0.3) is 6.08 Å². The topological polar surface area (TPSA) is 71.3 Å². The molecular formula is C20H17F3N2O3. The molecule has 0 atom stereocenters. The van der Waals surface area contributed by atoms with E-state index in [1.807, 2.05) is 19.1 Å². The van der Waals surface area contributed by atoms with Crippen LogP contribution in [0.3, 0.4) is 0 Å². The molecule has 8 heteroatoms. The third-order valence-corrected chi connectivity index (χ3v) is 3.56. The van der Waals surface area contributed by atoms with Crippen LogP contribution in [-0.4, -0.2) is 25.8 Å². The van der Waals surface area contributed by atoms with Crippen molar-refractivity contribution in [3.63, 3.8) is 0 Å².